The van der Waals surface area contributed by atoms with Crippen molar-refractivity contribution in [2.24, 2.45) is 5.92 Å². The second kappa shape index (κ2) is 7.42. The molecule has 0 nitrogen and oxygen atoms in total. The van der Waals surface area contributed by atoms with E-state index in [2.05, 4.69) is 13.0 Å². The number of fused-ring (bicyclic) bond motifs is 1. The molecule has 2 heteroatoms. The van der Waals surface area contributed by atoms with E-state index in [4.69, 9.17) is 0 Å². The quantitative estimate of drug-likeness (QED) is 0.522. The van der Waals surface area contributed by atoms with Crippen LogP contribution in [0.5, 0.6) is 0 Å². The van der Waals surface area contributed by atoms with Gasteiger partial charge in [-0.15, -0.1) is 0 Å². The van der Waals surface area contributed by atoms with E-state index in [1.54, 1.807) is 12.1 Å². The van der Waals surface area contributed by atoms with Crippen molar-refractivity contribution >= 4 is 10.8 Å². The average Bonchev–Trinajstić information content (AvgIpc) is 2.59. The largest absolute Gasteiger partial charge is 0.204 e. The van der Waals surface area contributed by atoms with Crippen molar-refractivity contribution in [2.75, 3.05) is 0 Å². The minimum Gasteiger partial charge on any atom is -0.204 e. The van der Waals surface area contributed by atoms with E-state index in [0.29, 0.717) is 11.3 Å². The van der Waals surface area contributed by atoms with Gasteiger partial charge >= 0.3 is 0 Å². The van der Waals surface area contributed by atoms with E-state index >= 15 is 0 Å². The van der Waals surface area contributed by atoms with Crippen molar-refractivity contribution in [3.05, 3.63) is 47.5 Å². The van der Waals surface area contributed by atoms with Crippen LogP contribution in [-0.4, -0.2) is 0 Å². The van der Waals surface area contributed by atoms with E-state index in [1.165, 1.54) is 63.0 Å². The van der Waals surface area contributed by atoms with Crippen LogP contribution in [0.25, 0.3) is 10.8 Å². The second-order valence-electron chi connectivity index (χ2n) is 7.06. The standard InChI is InChI=1S/C21H26F2/c1-2-3-4-5-15-6-8-16(9-7-15)17-10-12-19-18(14-17)11-13-20(22)21(19)23/h10-16H,2-9H2,1H3/t15-,16-. The third-order valence-corrected chi connectivity index (χ3v) is 5.47. The zero-order chi connectivity index (χ0) is 16.2. The van der Waals surface area contributed by atoms with E-state index in [1.807, 2.05) is 6.07 Å². The molecule has 0 spiro atoms. The van der Waals surface area contributed by atoms with Crippen LogP contribution in [0.2, 0.25) is 0 Å². The van der Waals surface area contributed by atoms with E-state index in [9.17, 15) is 8.78 Å². The fourth-order valence-corrected chi connectivity index (χ4v) is 4.01. The molecule has 1 fully saturated rings. The maximum absolute atomic E-state index is 13.8. The molecule has 0 amide bonds. The lowest BCUT2D eigenvalue weighted by Gasteiger charge is -2.29. The molecule has 0 bridgehead atoms. The molecule has 0 heterocycles. The molecule has 0 N–H and O–H groups in total. The fraction of sp³-hybridized carbons (Fsp3) is 0.524. The third-order valence-electron chi connectivity index (χ3n) is 5.47. The molecule has 124 valence electrons. The zero-order valence-electron chi connectivity index (χ0n) is 14.0. The van der Waals surface area contributed by atoms with Gasteiger partial charge in [0.25, 0.3) is 0 Å². The van der Waals surface area contributed by atoms with Crippen molar-refractivity contribution < 1.29 is 8.78 Å². The van der Waals surface area contributed by atoms with E-state index in [0.717, 1.165) is 11.3 Å². The predicted octanol–water partition coefficient (Wildman–Crippen LogP) is 6.97. The Labute approximate surface area is 137 Å². The smallest absolute Gasteiger partial charge is 0.166 e. The Bertz CT molecular complexity index is 654. The van der Waals surface area contributed by atoms with Gasteiger partial charge in [-0.1, -0.05) is 56.9 Å². The summed E-state index contributed by atoms with van der Waals surface area (Å²) in [5.74, 6) is -0.0220. The van der Waals surface area contributed by atoms with Gasteiger partial charge in [0.05, 0.1) is 0 Å². The minimum atomic E-state index is -0.766. The summed E-state index contributed by atoms with van der Waals surface area (Å²) in [7, 11) is 0. The van der Waals surface area contributed by atoms with Gasteiger partial charge in [0.15, 0.2) is 11.6 Å². The average molecular weight is 316 g/mol. The number of rotatable bonds is 5. The molecule has 2 aromatic carbocycles. The number of benzene rings is 2. The normalized spacial score (nSPS) is 21.7. The maximum Gasteiger partial charge on any atom is 0.166 e. The molecule has 23 heavy (non-hydrogen) atoms. The van der Waals surface area contributed by atoms with E-state index in [-0.39, 0.29) is 0 Å². The first kappa shape index (κ1) is 16.4. The van der Waals surface area contributed by atoms with Crippen LogP contribution in [0.1, 0.15) is 69.8 Å². The van der Waals surface area contributed by atoms with Gasteiger partial charge in [0.1, 0.15) is 0 Å². The first-order valence-electron chi connectivity index (χ1n) is 9.06. The summed E-state index contributed by atoms with van der Waals surface area (Å²) < 4.78 is 27.1. The summed E-state index contributed by atoms with van der Waals surface area (Å²) in [4.78, 5) is 0. The van der Waals surface area contributed by atoms with Gasteiger partial charge in [-0.3, -0.25) is 0 Å². The first-order valence-corrected chi connectivity index (χ1v) is 9.06. The van der Waals surface area contributed by atoms with Crippen LogP contribution >= 0.6 is 0 Å². The van der Waals surface area contributed by atoms with Gasteiger partial charge in [-0.05, 0) is 54.5 Å². The Kier molecular flexibility index (Phi) is 5.30. The van der Waals surface area contributed by atoms with Crippen molar-refractivity contribution in [3.8, 4) is 0 Å². The van der Waals surface area contributed by atoms with Gasteiger partial charge in [-0.2, -0.15) is 0 Å². The van der Waals surface area contributed by atoms with Gasteiger partial charge in [0.2, 0.25) is 0 Å². The molecule has 0 saturated heterocycles. The molecule has 1 aliphatic rings. The zero-order valence-corrected chi connectivity index (χ0v) is 14.0. The van der Waals surface area contributed by atoms with Crippen molar-refractivity contribution in [3.63, 3.8) is 0 Å². The molecular formula is C21H26F2. The molecule has 0 atom stereocenters. The monoisotopic (exact) mass is 316 g/mol. The highest BCUT2D eigenvalue weighted by molar-refractivity contribution is 5.84. The number of hydrogen-bond acceptors (Lipinski definition) is 0. The van der Waals surface area contributed by atoms with Crippen LogP contribution in [0.4, 0.5) is 8.78 Å². The van der Waals surface area contributed by atoms with Crippen LogP contribution in [0.15, 0.2) is 30.3 Å². The summed E-state index contributed by atoms with van der Waals surface area (Å²) >= 11 is 0. The van der Waals surface area contributed by atoms with Crippen LogP contribution in [0.3, 0.4) is 0 Å². The lowest BCUT2D eigenvalue weighted by atomic mass is 9.77. The first-order chi connectivity index (χ1) is 11.2. The highest BCUT2D eigenvalue weighted by Gasteiger charge is 2.22. The second-order valence-corrected chi connectivity index (χ2v) is 7.06. The van der Waals surface area contributed by atoms with Gasteiger partial charge < -0.3 is 0 Å². The number of unbranched alkanes of at least 4 members (excludes halogenated alkanes) is 2. The molecule has 2 aromatic rings. The predicted molar refractivity (Wildman–Crippen MR) is 92.7 cm³/mol. The molecule has 0 aromatic heterocycles. The topological polar surface area (TPSA) is 0 Å². The van der Waals surface area contributed by atoms with Crippen molar-refractivity contribution in [2.45, 2.75) is 64.2 Å². The van der Waals surface area contributed by atoms with Gasteiger partial charge in [-0.25, -0.2) is 8.78 Å². The summed E-state index contributed by atoms with van der Waals surface area (Å²) in [6.07, 6.45) is 10.5. The van der Waals surface area contributed by atoms with E-state index < -0.39 is 11.6 Å². The summed E-state index contributed by atoms with van der Waals surface area (Å²) in [6.45, 7) is 2.26. The Balaban J connectivity index is 1.67. The molecule has 1 aliphatic carbocycles. The molecule has 0 unspecified atom stereocenters. The SMILES string of the molecule is CCCCC[C@H]1CC[C@H](c2ccc3c(F)c(F)ccc3c2)CC1. The van der Waals surface area contributed by atoms with Gasteiger partial charge in [0, 0.05) is 5.39 Å². The summed E-state index contributed by atoms with van der Waals surface area (Å²) in [5, 5.41) is 1.20. The number of hydrogen-bond donors (Lipinski definition) is 0. The molecule has 1 saturated carbocycles. The van der Waals surface area contributed by atoms with Crippen molar-refractivity contribution in [1.29, 1.82) is 0 Å². The summed E-state index contributed by atoms with van der Waals surface area (Å²) in [6, 6.07) is 8.71. The fourth-order valence-electron chi connectivity index (χ4n) is 4.01. The highest BCUT2D eigenvalue weighted by Crippen LogP contribution is 2.38. The van der Waals surface area contributed by atoms with Crippen LogP contribution < -0.4 is 0 Å². The van der Waals surface area contributed by atoms with Crippen LogP contribution in [-0.2, 0) is 0 Å². The Hall–Kier alpha value is -1.44. The molecule has 3 rings (SSSR count). The Morgan fingerprint density at radius 1 is 0.957 bits per heavy atom. The minimum absolute atomic E-state index is 0.391. The Morgan fingerprint density at radius 2 is 1.74 bits per heavy atom. The Morgan fingerprint density at radius 3 is 2.48 bits per heavy atom. The molecular weight excluding hydrogens is 290 g/mol. The van der Waals surface area contributed by atoms with Crippen LogP contribution in [0, 0.1) is 17.6 Å². The molecule has 0 radical (unpaired) electrons. The van der Waals surface area contributed by atoms with Crippen molar-refractivity contribution in [1.82, 2.24) is 0 Å². The number of halogens is 2. The summed E-state index contributed by atoms with van der Waals surface area (Å²) in [5.41, 5.74) is 1.29. The maximum atomic E-state index is 13.8. The lowest BCUT2D eigenvalue weighted by Crippen LogP contribution is -2.13. The lowest BCUT2D eigenvalue weighted by molar-refractivity contribution is 0.303. The molecule has 0 aliphatic heterocycles. The third kappa shape index (κ3) is 3.73. The highest BCUT2D eigenvalue weighted by atomic mass is 19.2.